The summed E-state index contributed by atoms with van der Waals surface area (Å²) in [7, 11) is 0. The van der Waals surface area contributed by atoms with Crippen molar-refractivity contribution in [3.63, 3.8) is 0 Å². The van der Waals surface area contributed by atoms with E-state index in [-0.39, 0.29) is 40.3 Å². The number of ether oxygens (including phenoxy) is 1. The standard InChI is InChI=1S/C21H19ClFN5O3/c1-12-6-16-18(24-4-5-28(16)27-12)19(30)26-21-9-20(10-21,11-21)25-17(29)8-31-13-2-3-14(22)15(23)7-13/h2-7H,8-11H2,1H3,(H,25,29)(H,26,30). The lowest BCUT2D eigenvalue weighted by Gasteiger charge is -2.70. The van der Waals surface area contributed by atoms with Crippen LogP contribution in [-0.2, 0) is 4.79 Å². The van der Waals surface area contributed by atoms with Crippen molar-refractivity contribution in [3.05, 3.63) is 58.9 Å². The van der Waals surface area contributed by atoms with E-state index in [1.165, 1.54) is 12.1 Å². The Morgan fingerprint density at radius 3 is 2.71 bits per heavy atom. The van der Waals surface area contributed by atoms with E-state index < -0.39 is 5.82 Å². The van der Waals surface area contributed by atoms with Gasteiger partial charge < -0.3 is 15.4 Å². The number of nitrogens with one attached hydrogen (secondary N) is 2. The summed E-state index contributed by atoms with van der Waals surface area (Å²) in [5.74, 6) is -0.919. The quantitative estimate of drug-likeness (QED) is 0.609. The van der Waals surface area contributed by atoms with Gasteiger partial charge in [-0.05, 0) is 44.4 Å². The molecule has 3 aliphatic carbocycles. The summed E-state index contributed by atoms with van der Waals surface area (Å²) >= 11 is 5.63. The molecule has 3 fully saturated rings. The second kappa shape index (κ2) is 6.91. The molecule has 160 valence electrons. The van der Waals surface area contributed by atoms with Crippen LogP contribution in [-0.4, -0.2) is 44.1 Å². The van der Waals surface area contributed by atoms with Gasteiger partial charge in [-0.25, -0.2) is 13.9 Å². The summed E-state index contributed by atoms with van der Waals surface area (Å²) < 4.78 is 20.4. The first-order valence-electron chi connectivity index (χ1n) is 9.79. The Kier molecular flexibility index (Phi) is 4.40. The zero-order chi connectivity index (χ0) is 21.8. The van der Waals surface area contributed by atoms with Crippen molar-refractivity contribution in [1.29, 1.82) is 0 Å². The summed E-state index contributed by atoms with van der Waals surface area (Å²) in [6.07, 6.45) is 5.19. The predicted octanol–water partition coefficient (Wildman–Crippen LogP) is 2.43. The molecule has 2 N–H and O–H groups in total. The molecule has 0 saturated heterocycles. The molecule has 3 saturated carbocycles. The third-order valence-corrected chi connectivity index (χ3v) is 6.11. The van der Waals surface area contributed by atoms with Crippen LogP contribution in [0.2, 0.25) is 5.02 Å². The molecule has 0 aliphatic heterocycles. The van der Waals surface area contributed by atoms with Gasteiger partial charge in [-0.2, -0.15) is 5.10 Å². The molecular weight excluding hydrogens is 425 g/mol. The van der Waals surface area contributed by atoms with E-state index in [4.69, 9.17) is 16.3 Å². The molecule has 0 radical (unpaired) electrons. The van der Waals surface area contributed by atoms with Crippen LogP contribution < -0.4 is 15.4 Å². The zero-order valence-corrected chi connectivity index (χ0v) is 17.4. The molecule has 6 rings (SSSR count). The number of rotatable bonds is 6. The van der Waals surface area contributed by atoms with Gasteiger partial charge in [0.05, 0.1) is 16.2 Å². The molecule has 2 heterocycles. The van der Waals surface area contributed by atoms with Crippen LogP contribution in [0.15, 0.2) is 36.7 Å². The van der Waals surface area contributed by atoms with Gasteiger partial charge in [0.15, 0.2) is 12.3 Å². The molecule has 2 amide bonds. The van der Waals surface area contributed by atoms with Gasteiger partial charge in [0.25, 0.3) is 11.8 Å². The third kappa shape index (κ3) is 3.48. The minimum Gasteiger partial charge on any atom is -0.484 e. The first-order chi connectivity index (χ1) is 14.8. The van der Waals surface area contributed by atoms with E-state index in [1.54, 1.807) is 16.9 Å². The van der Waals surface area contributed by atoms with Crippen LogP contribution in [0.3, 0.4) is 0 Å². The summed E-state index contributed by atoms with van der Waals surface area (Å²) in [4.78, 5) is 29.2. The van der Waals surface area contributed by atoms with Gasteiger partial charge in [-0.15, -0.1) is 0 Å². The summed E-state index contributed by atoms with van der Waals surface area (Å²) in [5, 5.41) is 10.3. The largest absolute Gasteiger partial charge is 0.484 e. The Hall–Kier alpha value is -3.20. The number of nitrogens with zero attached hydrogens (tertiary/aromatic N) is 3. The van der Waals surface area contributed by atoms with E-state index in [9.17, 15) is 14.0 Å². The van der Waals surface area contributed by atoms with Gasteiger partial charge in [-0.3, -0.25) is 9.59 Å². The van der Waals surface area contributed by atoms with Crippen molar-refractivity contribution < 1.29 is 18.7 Å². The van der Waals surface area contributed by atoms with E-state index >= 15 is 0 Å². The Bertz CT molecular complexity index is 1210. The number of carbonyl (C=O) groups is 2. The number of aryl methyl sites for hydroxylation is 1. The molecule has 3 aliphatic rings. The normalized spacial score (nSPS) is 23.6. The van der Waals surface area contributed by atoms with Gasteiger partial charge in [-0.1, -0.05) is 11.6 Å². The van der Waals surface area contributed by atoms with Gasteiger partial charge in [0, 0.05) is 29.5 Å². The van der Waals surface area contributed by atoms with E-state index in [0.717, 1.165) is 11.8 Å². The number of benzene rings is 1. The maximum absolute atomic E-state index is 13.4. The summed E-state index contributed by atoms with van der Waals surface area (Å²) in [6.45, 7) is 1.63. The van der Waals surface area contributed by atoms with E-state index in [0.29, 0.717) is 30.5 Å². The predicted molar refractivity (Wildman–Crippen MR) is 110 cm³/mol. The SMILES string of the molecule is Cc1cc2c(C(=O)NC34CC(NC(=O)COc5ccc(Cl)c(F)c5)(C3)C4)nccn2n1. The van der Waals surface area contributed by atoms with Gasteiger partial charge in [0.2, 0.25) is 0 Å². The fraction of sp³-hybridized carbons (Fsp3) is 0.333. The van der Waals surface area contributed by atoms with Crippen LogP contribution in [0.1, 0.15) is 35.4 Å². The number of hydrogen-bond acceptors (Lipinski definition) is 5. The Morgan fingerprint density at radius 1 is 1.23 bits per heavy atom. The number of amides is 2. The van der Waals surface area contributed by atoms with E-state index in [1.807, 2.05) is 13.0 Å². The number of aromatic nitrogens is 3. The molecule has 2 aromatic heterocycles. The number of fused-ring (bicyclic) bond motifs is 1. The lowest BCUT2D eigenvalue weighted by molar-refractivity contribution is -0.141. The fourth-order valence-electron chi connectivity index (χ4n) is 4.62. The molecule has 3 aromatic rings. The highest BCUT2D eigenvalue weighted by molar-refractivity contribution is 6.30. The smallest absolute Gasteiger partial charge is 0.272 e. The average Bonchev–Trinajstić information content (AvgIpc) is 3.06. The molecule has 8 nitrogen and oxygen atoms in total. The van der Waals surface area contributed by atoms with Crippen molar-refractivity contribution in [2.24, 2.45) is 0 Å². The van der Waals surface area contributed by atoms with Crippen molar-refractivity contribution in [2.75, 3.05) is 6.61 Å². The Morgan fingerprint density at radius 2 is 1.97 bits per heavy atom. The van der Waals surface area contributed by atoms with E-state index in [2.05, 4.69) is 20.7 Å². The second-order valence-electron chi connectivity index (χ2n) is 8.35. The lowest BCUT2D eigenvalue weighted by atomic mass is 9.44. The van der Waals surface area contributed by atoms with Crippen LogP contribution in [0.4, 0.5) is 4.39 Å². The Labute approximate surface area is 181 Å². The Balaban J connectivity index is 1.14. The maximum atomic E-state index is 13.4. The highest BCUT2D eigenvalue weighted by Gasteiger charge is 2.69. The first-order valence-corrected chi connectivity index (χ1v) is 10.2. The molecular formula is C21H19ClFN5O3. The molecule has 31 heavy (non-hydrogen) atoms. The highest BCUT2D eigenvalue weighted by Crippen LogP contribution is 2.60. The van der Waals surface area contributed by atoms with Gasteiger partial charge in [0.1, 0.15) is 11.6 Å². The highest BCUT2D eigenvalue weighted by atomic mass is 35.5. The molecule has 10 heteroatoms. The maximum Gasteiger partial charge on any atom is 0.272 e. The zero-order valence-electron chi connectivity index (χ0n) is 16.6. The number of carbonyl (C=O) groups excluding carboxylic acids is 2. The van der Waals surface area contributed by atoms with Crippen LogP contribution in [0, 0.1) is 12.7 Å². The molecule has 1 aromatic carbocycles. The lowest BCUT2D eigenvalue weighted by Crippen LogP contribution is -2.84. The summed E-state index contributed by atoms with van der Waals surface area (Å²) in [5.41, 5.74) is 1.13. The summed E-state index contributed by atoms with van der Waals surface area (Å²) in [6, 6.07) is 5.83. The van der Waals surface area contributed by atoms with Crippen LogP contribution in [0.25, 0.3) is 5.52 Å². The monoisotopic (exact) mass is 443 g/mol. The van der Waals surface area contributed by atoms with Crippen LogP contribution in [0.5, 0.6) is 5.75 Å². The molecule has 2 bridgehead atoms. The van der Waals surface area contributed by atoms with Crippen LogP contribution >= 0.6 is 11.6 Å². The molecule has 0 unspecified atom stereocenters. The van der Waals surface area contributed by atoms with Crippen molar-refractivity contribution in [3.8, 4) is 5.75 Å². The minimum atomic E-state index is -0.604. The fourth-order valence-corrected chi connectivity index (χ4v) is 4.74. The van der Waals surface area contributed by atoms with Gasteiger partial charge >= 0.3 is 0 Å². The second-order valence-corrected chi connectivity index (χ2v) is 8.76. The van der Waals surface area contributed by atoms with Crippen molar-refractivity contribution in [1.82, 2.24) is 25.2 Å². The molecule has 0 atom stereocenters. The first kappa shape index (κ1) is 19.7. The minimum absolute atomic E-state index is 0.00665. The third-order valence-electron chi connectivity index (χ3n) is 5.80. The average molecular weight is 444 g/mol. The van der Waals surface area contributed by atoms with Crippen molar-refractivity contribution in [2.45, 2.75) is 37.3 Å². The topological polar surface area (TPSA) is 97.6 Å². The molecule has 0 spiro atoms. The number of hydrogen-bond donors (Lipinski definition) is 2. The number of halogens is 2. The van der Waals surface area contributed by atoms with Crippen molar-refractivity contribution >= 4 is 28.9 Å².